The van der Waals surface area contributed by atoms with Crippen molar-refractivity contribution in [1.82, 2.24) is 41.0 Å². The van der Waals surface area contributed by atoms with Crippen molar-refractivity contribution in [3.63, 3.8) is 0 Å². The van der Waals surface area contributed by atoms with Crippen molar-refractivity contribution in [2.75, 3.05) is 13.1 Å². The van der Waals surface area contributed by atoms with Gasteiger partial charge in [0.25, 0.3) is 0 Å². The number of amides is 6. The van der Waals surface area contributed by atoms with Crippen LogP contribution < -0.4 is 32.7 Å². The largest absolute Gasteiger partial charge is 0.361 e. The molecule has 3 aliphatic heterocycles. The molecule has 352 valence electrons. The molecule has 5 heterocycles. The molecule has 2 aromatic heterocycles. The van der Waals surface area contributed by atoms with Gasteiger partial charge in [0, 0.05) is 79.0 Å². The van der Waals surface area contributed by atoms with E-state index in [1.807, 2.05) is 103 Å². The highest BCUT2D eigenvalue weighted by molar-refractivity contribution is 5.99. The lowest BCUT2D eigenvalue weighted by atomic mass is 9.92. The maximum Gasteiger partial charge on any atom is 0.246 e. The third-order valence-electron chi connectivity index (χ3n) is 13.7. The molecule has 0 saturated carbocycles. The number of nitrogens with zero attached hydrogens (tertiary/aromatic N) is 2. The van der Waals surface area contributed by atoms with Crippen molar-refractivity contribution >= 4 is 57.2 Å². The smallest absolute Gasteiger partial charge is 0.246 e. The summed E-state index contributed by atoms with van der Waals surface area (Å²) < 4.78 is 0. The van der Waals surface area contributed by atoms with Crippen LogP contribution in [-0.2, 0) is 61.0 Å². The fraction of sp³-hybridized carbons (Fsp3) is 0.346. The number of H-pyrrole nitrogens is 2. The summed E-state index contributed by atoms with van der Waals surface area (Å²) in [5, 5.41) is 13.7. The van der Waals surface area contributed by atoms with E-state index in [-0.39, 0.29) is 51.6 Å². The molecule has 2 saturated heterocycles. The molecule has 10 N–H and O–H groups in total. The highest BCUT2D eigenvalue weighted by atomic mass is 16.2. The van der Waals surface area contributed by atoms with Gasteiger partial charge in [-0.15, -0.1) is 0 Å². The molecule has 68 heavy (non-hydrogen) atoms. The van der Waals surface area contributed by atoms with Crippen molar-refractivity contribution < 1.29 is 28.8 Å². The molecule has 0 spiro atoms. The summed E-state index contributed by atoms with van der Waals surface area (Å²) in [6.07, 6.45) is 5.24. The highest BCUT2D eigenvalue weighted by Crippen LogP contribution is 2.29. The Kier molecular flexibility index (Phi) is 13.7. The fourth-order valence-electron chi connectivity index (χ4n) is 10.1. The standard InChI is InChI=1S/C52H58N10O6/c53-21-11-10-20-41-51(67)62-30-36(54)26-46(62)52(68)61-29-33-15-5-4-14-32(33)25-45(61)50(66)60-44(24-35-28-56-40-19-9-7-17-38(35)40)49(65)58-42(22-31-12-2-1-3-13-31)47(63)59-43(48(64)57-41)23-34-27-55-39-18-8-6-16-37(34)39/h1-9,12-19,27-28,36,41-46,55-56H,10-11,20-26,29-30,53-54H2,(H,57,64)(H,58,65)(H,59,63)(H,60,66)/t36-,41+,42-,43+,44+,45+,46-/m1/s1. The van der Waals surface area contributed by atoms with E-state index < -0.39 is 77.7 Å². The van der Waals surface area contributed by atoms with Gasteiger partial charge in [-0.1, -0.05) is 91.0 Å². The summed E-state index contributed by atoms with van der Waals surface area (Å²) in [7, 11) is 0. The molecule has 0 aliphatic carbocycles. The van der Waals surface area contributed by atoms with Crippen molar-refractivity contribution in [3.05, 3.63) is 143 Å². The van der Waals surface area contributed by atoms with Crippen LogP contribution in [0.25, 0.3) is 21.8 Å². The second kappa shape index (κ2) is 20.3. The third-order valence-corrected chi connectivity index (χ3v) is 13.7. The van der Waals surface area contributed by atoms with Gasteiger partial charge in [-0.3, -0.25) is 28.8 Å². The number of para-hydroxylation sites is 2. The fourth-order valence-corrected chi connectivity index (χ4v) is 10.1. The zero-order valence-electron chi connectivity index (χ0n) is 37.8. The normalized spacial score (nSPS) is 24.1. The number of unbranched alkanes of at least 4 members (excludes halogenated alkanes) is 1. The number of benzene rings is 4. The Morgan fingerprint density at radius 1 is 0.529 bits per heavy atom. The number of nitrogens with one attached hydrogen (secondary N) is 6. The van der Waals surface area contributed by atoms with Crippen LogP contribution in [0.2, 0.25) is 0 Å². The molecule has 9 rings (SSSR count). The first-order valence-electron chi connectivity index (χ1n) is 23.5. The number of rotatable bonds is 10. The average Bonchev–Trinajstić information content (AvgIpc) is 4.08. The zero-order chi connectivity index (χ0) is 47.3. The Bertz CT molecular complexity index is 2820. The highest BCUT2D eigenvalue weighted by Gasteiger charge is 2.46. The van der Waals surface area contributed by atoms with Gasteiger partial charge in [0.2, 0.25) is 35.4 Å². The quantitative estimate of drug-likeness (QED) is 0.0949. The maximum atomic E-state index is 15.1. The van der Waals surface area contributed by atoms with Crippen molar-refractivity contribution in [2.24, 2.45) is 11.5 Å². The molecule has 3 aliphatic rings. The van der Waals surface area contributed by atoms with E-state index in [0.717, 1.165) is 49.6 Å². The summed E-state index contributed by atoms with van der Waals surface area (Å²) in [6.45, 7) is 0.482. The van der Waals surface area contributed by atoms with Gasteiger partial charge in [0.15, 0.2) is 0 Å². The molecule has 2 fully saturated rings. The van der Waals surface area contributed by atoms with Gasteiger partial charge in [0.1, 0.15) is 36.3 Å². The van der Waals surface area contributed by atoms with Crippen LogP contribution in [-0.4, -0.2) is 111 Å². The van der Waals surface area contributed by atoms with Crippen LogP contribution in [0.1, 0.15) is 53.5 Å². The van der Waals surface area contributed by atoms with Crippen LogP contribution >= 0.6 is 0 Å². The second-order valence-corrected chi connectivity index (χ2v) is 18.3. The zero-order valence-corrected chi connectivity index (χ0v) is 37.8. The number of carbonyl (C=O) groups is 6. The topological polar surface area (TPSA) is 241 Å². The van der Waals surface area contributed by atoms with Gasteiger partial charge in [-0.25, -0.2) is 0 Å². The maximum absolute atomic E-state index is 15.1. The minimum atomic E-state index is -1.23. The number of nitrogens with two attached hydrogens (primary N) is 2. The van der Waals surface area contributed by atoms with Crippen LogP contribution in [0.4, 0.5) is 0 Å². The van der Waals surface area contributed by atoms with E-state index in [9.17, 15) is 24.0 Å². The van der Waals surface area contributed by atoms with Gasteiger partial charge < -0.3 is 52.5 Å². The molecule has 0 unspecified atom stereocenters. The van der Waals surface area contributed by atoms with E-state index in [4.69, 9.17) is 11.5 Å². The van der Waals surface area contributed by atoms with Crippen molar-refractivity contribution in [2.45, 2.75) is 100 Å². The first kappa shape index (κ1) is 45.8. The monoisotopic (exact) mass is 918 g/mol. The Morgan fingerprint density at radius 3 is 1.68 bits per heavy atom. The summed E-state index contributed by atoms with van der Waals surface area (Å²) in [5.74, 6) is -3.41. The molecular weight excluding hydrogens is 861 g/mol. The average molecular weight is 919 g/mol. The summed E-state index contributed by atoms with van der Waals surface area (Å²) >= 11 is 0. The second-order valence-electron chi connectivity index (χ2n) is 18.3. The van der Waals surface area contributed by atoms with E-state index in [1.54, 1.807) is 12.4 Å². The summed E-state index contributed by atoms with van der Waals surface area (Å²) in [4.78, 5) is 99.2. The first-order valence-corrected chi connectivity index (χ1v) is 23.5. The lowest BCUT2D eigenvalue weighted by molar-refractivity contribution is -0.150. The molecule has 0 bridgehead atoms. The van der Waals surface area contributed by atoms with Crippen molar-refractivity contribution in [3.8, 4) is 0 Å². The number of aromatic nitrogens is 2. The summed E-state index contributed by atoms with van der Waals surface area (Å²) in [6, 6.07) is 24.5. The molecule has 16 heteroatoms. The van der Waals surface area contributed by atoms with Gasteiger partial charge in [0.05, 0.1) is 0 Å². The number of fused-ring (bicyclic) bond motifs is 5. The Balaban J connectivity index is 1.14. The summed E-state index contributed by atoms with van der Waals surface area (Å²) in [5.41, 5.74) is 18.1. The molecule has 6 amide bonds. The van der Waals surface area contributed by atoms with E-state index in [0.29, 0.717) is 19.4 Å². The molecular formula is C52H58N10O6. The van der Waals surface area contributed by atoms with E-state index in [1.165, 1.54) is 9.80 Å². The number of hydrogen-bond donors (Lipinski definition) is 8. The predicted molar refractivity (Wildman–Crippen MR) is 257 cm³/mol. The lowest BCUT2D eigenvalue weighted by Crippen LogP contribution is -2.63. The van der Waals surface area contributed by atoms with E-state index >= 15 is 4.79 Å². The third kappa shape index (κ3) is 9.87. The minimum Gasteiger partial charge on any atom is -0.361 e. The Labute approximate surface area is 393 Å². The Morgan fingerprint density at radius 2 is 1.06 bits per heavy atom. The van der Waals surface area contributed by atoms with E-state index in [2.05, 4.69) is 31.2 Å². The molecule has 4 aromatic carbocycles. The predicted octanol–water partition coefficient (Wildman–Crippen LogP) is 2.64. The first-order chi connectivity index (χ1) is 33.0. The van der Waals surface area contributed by atoms with Gasteiger partial charge >= 0.3 is 0 Å². The minimum absolute atomic E-state index is 0.0318. The SMILES string of the molecule is NCCCC[C@@H]1NC(=O)[C@H](Cc2c[nH]c3ccccc23)NC(=O)[C@@H](Cc2ccccc2)NC(=O)[C@H](Cc2c[nH]c3ccccc23)NC(=O)[C@@H]2Cc3ccccc3CN2C(=O)[C@H]2C[C@@H](N)CN2C1=O. The van der Waals surface area contributed by atoms with Crippen LogP contribution in [0.5, 0.6) is 0 Å². The van der Waals surface area contributed by atoms with Gasteiger partial charge in [-0.2, -0.15) is 0 Å². The van der Waals surface area contributed by atoms with Crippen molar-refractivity contribution in [1.29, 1.82) is 0 Å². The molecule has 6 aromatic rings. The van der Waals surface area contributed by atoms with Gasteiger partial charge in [-0.05, 0) is 72.2 Å². The molecule has 7 atom stereocenters. The number of hydrogen-bond acceptors (Lipinski definition) is 8. The van der Waals surface area contributed by atoms with Crippen LogP contribution in [0.15, 0.2) is 116 Å². The number of aromatic amines is 2. The Hall–Kier alpha value is -7.30. The van der Waals surface area contributed by atoms with Crippen LogP contribution in [0.3, 0.4) is 0 Å². The lowest BCUT2D eigenvalue weighted by Gasteiger charge is -2.40. The van der Waals surface area contributed by atoms with Crippen LogP contribution in [0, 0.1) is 0 Å². The molecule has 16 nitrogen and oxygen atoms in total. The molecule has 0 radical (unpaired) electrons. The number of carbonyl (C=O) groups excluding carboxylic acids is 6.